The summed E-state index contributed by atoms with van der Waals surface area (Å²) in [7, 11) is 0. The molecule has 3 rings (SSSR count). The van der Waals surface area contributed by atoms with Crippen molar-refractivity contribution in [2.75, 3.05) is 24.7 Å². The fourth-order valence-corrected chi connectivity index (χ4v) is 2.53. The molecule has 0 unspecified atom stereocenters. The molecule has 0 atom stereocenters. The van der Waals surface area contributed by atoms with Crippen molar-refractivity contribution in [3.63, 3.8) is 0 Å². The van der Waals surface area contributed by atoms with Crippen LogP contribution in [0.25, 0.3) is 11.1 Å². The van der Waals surface area contributed by atoms with E-state index in [1.165, 1.54) is 11.0 Å². The molecule has 1 heterocycles. The second kappa shape index (κ2) is 6.70. The van der Waals surface area contributed by atoms with E-state index in [1.807, 2.05) is 0 Å². The normalized spacial score (nSPS) is 13.8. The van der Waals surface area contributed by atoms with E-state index in [0.717, 1.165) is 0 Å². The lowest BCUT2D eigenvalue weighted by atomic mass is 10.0. The molecule has 2 aromatic carbocycles. The number of halogens is 1. The van der Waals surface area contributed by atoms with Gasteiger partial charge in [0.1, 0.15) is 12.4 Å². The Hall–Kier alpha value is -2.89. The van der Waals surface area contributed by atoms with Gasteiger partial charge in [-0.2, -0.15) is 0 Å². The van der Waals surface area contributed by atoms with E-state index < -0.39 is 17.9 Å². The molecule has 0 radical (unpaired) electrons. The number of hydrogen-bond donors (Lipinski definition) is 0. The molecule has 5 nitrogen and oxygen atoms in total. The maximum Gasteiger partial charge on any atom is 0.414 e. The molecule has 24 heavy (non-hydrogen) atoms. The number of cyclic esters (lactones) is 1. The van der Waals surface area contributed by atoms with Crippen LogP contribution in [0.4, 0.5) is 14.9 Å². The molecule has 0 aliphatic carbocycles. The maximum absolute atomic E-state index is 14.4. The van der Waals surface area contributed by atoms with E-state index in [2.05, 4.69) is 0 Å². The van der Waals surface area contributed by atoms with Gasteiger partial charge in [-0.05, 0) is 42.8 Å². The number of carbonyl (C=O) groups is 2. The van der Waals surface area contributed by atoms with Crippen molar-refractivity contribution in [3.8, 4) is 11.1 Å². The largest absolute Gasteiger partial charge is 0.462 e. The fraction of sp³-hybridized carbons (Fsp3) is 0.222. The van der Waals surface area contributed by atoms with Crippen molar-refractivity contribution >= 4 is 17.7 Å². The quantitative estimate of drug-likeness (QED) is 0.804. The van der Waals surface area contributed by atoms with Crippen molar-refractivity contribution in [1.29, 1.82) is 0 Å². The molecule has 1 fully saturated rings. The first-order chi connectivity index (χ1) is 11.6. The summed E-state index contributed by atoms with van der Waals surface area (Å²) in [5.41, 5.74) is 1.90. The van der Waals surface area contributed by atoms with Gasteiger partial charge >= 0.3 is 12.1 Å². The lowest BCUT2D eigenvalue weighted by Gasteiger charge is -2.14. The summed E-state index contributed by atoms with van der Waals surface area (Å²) in [4.78, 5) is 24.6. The predicted molar refractivity (Wildman–Crippen MR) is 86.5 cm³/mol. The number of anilines is 1. The summed E-state index contributed by atoms with van der Waals surface area (Å²) < 4.78 is 24.2. The number of benzene rings is 2. The number of hydrogen-bond acceptors (Lipinski definition) is 4. The maximum atomic E-state index is 14.4. The standard InChI is InChI=1S/C18H16FNO4/c1-2-23-17(21)13-5-3-12(4-6-13)15-8-7-14(11-16(15)19)20-9-10-24-18(20)22/h3-8,11H,2,9-10H2,1H3. The van der Waals surface area contributed by atoms with Gasteiger partial charge in [0.05, 0.1) is 24.4 Å². The number of rotatable bonds is 4. The topological polar surface area (TPSA) is 55.8 Å². The van der Waals surface area contributed by atoms with Crippen LogP contribution in [0.1, 0.15) is 17.3 Å². The predicted octanol–water partition coefficient (Wildman–Crippen LogP) is 3.63. The minimum Gasteiger partial charge on any atom is -0.462 e. The highest BCUT2D eigenvalue weighted by molar-refractivity contribution is 5.91. The van der Waals surface area contributed by atoms with Crippen LogP contribution < -0.4 is 4.90 Å². The number of amides is 1. The van der Waals surface area contributed by atoms with Crippen molar-refractivity contribution in [3.05, 3.63) is 53.8 Å². The molecular formula is C18H16FNO4. The average Bonchev–Trinajstić information content (AvgIpc) is 3.01. The highest BCUT2D eigenvalue weighted by atomic mass is 19.1. The fourth-order valence-electron chi connectivity index (χ4n) is 2.53. The first-order valence-electron chi connectivity index (χ1n) is 7.61. The molecule has 1 aliphatic heterocycles. The lowest BCUT2D eigenvalue weighted by Crippen LogP contribution is -2.23. The highest BCUT2D eigenvalue weighted by Gasteiger charge is 2.24. The smallest absolute Gasteiger partial charge is 0.414 e. The van der Waals surface area contributed by atoms with Gasteiger partial charge in [0.25, 0.3) is 0 Å². The minimum absolute atomic E-state index is 0.301. The third kappa shape index (κ3) is 3.08. The Balaban J connectivity index is 1.84. The zero-order chi connectivity index (χ0) is 17.1. The van der Waals surface area contributed by atoms with Crippen molar-refractivity contribution < 1.29 is 23.5 Å². The van der Waals surface area contributed by atoms with Crippen LogP contribution in [0.2, 0.25) is 0 Å². The molecule has 0 N–H and O–H groups in total. The van der Waals surface area contributed by atoms with Crippen molar-refractivity contribution in [1.82, 2.24) is 0 Å². The zero-order valence-electron chi connectivity index (χ0n) is 13.1. The third-order valence-electron chi connectivity index (χ3n) is 3.73. The second-order valence-corrected chi connectivity index (χ2v) is 5.23. The Bertz CT molecular complexity index is 773. The van der Waals surface area contributed by atoms with E-state index >= 15 is 0 Å². The minimum atomic E-state index is -0.471. The van der Waals surface area contributed by atoms with Gasteiger partial charge in [-0.1, -0.05) is 12.1 Å². The second-order valence-electron chi connectivity index (χ2n) is 5.23. The van der Waals surface area contributed by atoms with Crippen LogP contribution in [-0.2, 0) is 9.47 Å². The van der Waals surface area contributed by atoms with E-state index in [4.69, 9.17) is 9.47 Å². The summed E-state index contributed by atoms with van der Waals surface area (Å²) in [6.07, 6.45) is -0.471. The Kier molecular flexibility index (Phi) is 4.46. The van der Waals surface area contributed by atoms with Crippen LogP contribution in [0.15, 0.2) is 42.5 Å². The van der Waals surface area contributed by atoms with Crippen molar-refractivity contribution in [2.24, 2.45) is 0 Å². The summed E-state index contributed by atoms with van der Waals surface area (Å²) >= 11 is 0. The summed E-state index contributed by atoms with van der Waals surface area (Å²) in [5, 5.41) is 0. The molecule has 1 saturated heterocycles. The van der Waals surface area contributed by atoms with Gasteiger partial charge in [-0.15, -0.1) is 0 Å². The van der Waals surface area contributed by atoms with E-state index in [0.29, 0.717) is 42.1 Å². The Morgan fingerprint density at radius 1 is 1.25 bits per heavy atom. The first-order valence-corrected chi connectivity index (χ1v) is 7.61. The molecule has 1 aliphatic rings. The summed E-state index contributed by atoms with van der Waals surface area (Å²) in [6, 6.07) is 11.1. The number of nitrogens with zero attached hydrogens (tertiary/aromatic N) is 1. The van der Waals surface area contributed by atoms with Gasteiger partial charge in [0, 0.05) is 5.56 Å². The number of ether oxygens (including phenoxy) is 2. The molecule has 0 saturated carbocycles. The number of esters is 1. The van der Waals surface area contributed by atoms with Gasteiger partial charge in [0.2, 0.25) is 0 Å². The first kappa shape index (κ1) is 16.0. The van der Waals surface area contributed by atoms with Gasteiger partial charge < -0.3 is 9.47 Å². The molecule has 0 aromatic heterocycles. The van der Waals surface area contributed by atoms with Crippen LogP contribution in [0.3, 0.4) is 0 Å². The van der Waals surface area contributed by atoms with Crippen molar-refractivity contribution in [2.45, 2.75) is 6.92 Å². The summed E-state index contributed by atoms with van der Waals surface area (Å²) in [5.74, 6) is -0.858. The molecule has 0 spiro atoms. The van der Waals surface area contributed by atoms with Crippen LogP contribution in [0, 0.1) is 5.82 Å². The molecule has 2 aromatic rings. The lowest BCUT2D eigenvalue weighted by molar-refractivity contribution is 0.0526. The highest BCUT2D eigenvalue weighted by Crippen LogP contribution is 2.28. The molecule has 1 amide bonds. The third-order valence-corrected chi connectivity index (χ3v) is 3.73. The van der Waals surface area contributed by atoms with Gasteiger partial charge in [0.15, 0.2) is 0 Å². The Morgan fingerprint density at radius 3 is 2.58 bits per heavy atom. The van der Waals surface area contributed by atoms with Crippen LogP contribution in [-0.4, -0.2) is 31.8 Å². The average molecular weight is 329 g/mol. The molecule has 6 heteroatoms. The zero-order valence-corrected chi connectivity index (χ0v) is 13.1. The van der Waals surface area contributed by atoms with Crippen LogP contribution >= 0.6 is 0 Å². The van der Waals surface area contributed by atoms with E-state index in [-0.39, 0.29) is 0 Å². The SMILES string of the molecule is CCOC(=O)c1ccc(-c2ccc(N3CCOC3=O)cc2F)cc1. The van der Waals surface area contributed by atoms with E-state index in [1.54, 1.807) is 43.3 Å². The summed E-state index contributed by atoms with van der Waals surface area (Å²) in [6.45, 7) is 2.75. The molecule has 0 bridgehead atoms. The number of carbonyl (C=O) groups excluding carboxylic acids is 2. The molecular weight excluding hydrogens is 313 g/mol. The Morgan fingerprint density at radius 2 is 2.00 bits per heavy atom. The Labute approximate surface area is 138 Å². The van der Waals surface area contributed by atoms with E-state index in [9.17, 15) is 14.0 Å². The van der Waals surface area contributed by atoms with Gasteiger partial charge in [-0.25, -0.2) is 14.0 Å². The van der Waals surface area contributed by atoms with Gasteiger partial charge in [-0.3, -0.25) is 4.90 Å². The monoisotopic (exact) mass is 329 g/mol. The molecule has 124 valence electrons. The van der Waals surface area contributed by atoms with Crippen LogP contribution in [0.5, 0.6) is 0 Å².